The predicted molar refractivity (Wildman–Crippen MR) is 87.5 cm³/mol. The number of para-hydroxylation sites is 1. The van der Waals surface area contributed by atoms with Crippen LogP contribution < -0.4 is 10.6 Å². The Kier molecular flexibility index (Phi) is 4.66. The number of hydrogen-bond acceptors (Lipinski definition) is 5. The van der Waals surface area contributed by atoms with Gasteiger partial charge in [0.15, 0.2) is 0 Å². The largest absolute Gasteiger partial charge is 0.378 e. The number of benzene rings is 1. The highest BCUT2D eigenvalue weighted by atomic mass is 16.6. The third kappa shape index (κ3) is 3.31. The Bertz CT molecular complexity index is 729. The molecule has 9 heteroatoms. The third-order valence-corrected chi connectivity index (χ3v) is 4.33. The molecule has 2 aliphatic heterocycles. The number of morpholine rings is 1. The highest BCUT2D eigenvalue weighted by Gasteiger charge is 2.42. The predicted octanol–water partition coefficient (Wildman–Crippen LogP) is 0.937. The Morgan fingerprint density at radius 3 is 2.68 bits per heavy atom. The number of carbonyl (C=O) groups is 2. The highest BCUT2D eigenvalue weighted by molar-refractivity contribution is 5.88. The van der Waals surface area contributed by atoms with Crippen LogP contribution in [0.25, 0.3) is 0 Å². The Morgan fingerprint density at radius 1 is 1.32 bits per heavy atom. The van der Waals surface area contributed by atoms with E-state index < -0.39 is 22.9 Å². The van der Waals surface area contributed by atoms with Crippen LogP contribution in [0.1, 0.15) is 11.6 Å². The minimum atomic E-state index is -0.863. The van der Waals surface area contributed by atoms with Crippen molar-refractivity contribution in [3.05, 3.63) is 52.2 Å². The van der Waals surface area contributed by atoms with E-state index in [1.54, 1.807) is 17.0 Å². The van der Waals surface area contributed by atoms with E-state index in [1.807, 2.05) is 0 Å². The summed E-state index contributed by atoms with van der Waals surface area (Å²) in [6.07, 6.45) is 0. The Balaban J connectivity index is 1.99. The van der Waals surface area contributed by atoms with E-state index in [0.717, 1.165) is 0 Å². The molecule has 1 aromatic carbocycles. The molecule has 2 N–H and O–H groups in total. The molecule has 0 unspecified atom stereocenters. The normalized spacial score (nSPS) is 23.6. The lowest BCUT2D eigenvalue weighted by Gasteiger charge is -2.37. The maximum atomic E-state index is 13.0. The van der Waals surface area contributed by atoms with Crippen LogP contribution in [0.2, 0.25) is 0 Å². The van der Waals surface area contributed by atoms with Crippen molar-refractivity contribution in [2.75, 3.05) is 26.3 Å². The lowest BCUT2D eigenvalue weighted by atomic mass is 9.87. The summed E-state index contributed by atoms with van der Waals surface area (Å²) in [7, 11) is 0. The van der Waals surface area contributed by atoms with Crippen molar-refractivity contribution in [3.8, 4) is 0 Å². The number of nitro groups is 1. The number of ether oxygens (including phenoxy) is 1. The van der Waals surface area contributed by atoms with Crippen molar-refractivity contribution in [2.24, 2.45) is 5.92 Å². The molecule has 0 bridgehead atoms. The van der Waals surface area contributed by atoms with Crippen LogP contribution in [-0.2, 0) is 9.53 Å². The van der Waals surface area contributed by atoms with Gasteiger partial charge in [0.1, 0.15) is 5.92 Å². The summed E-state index contributed by atoms with van der Waals surface area (Å²) < 4.78 is 5.25. The van der Waals surface area contributed by atoms with Gasteiger partial charge >= 0.3 is 6.03 Å². The minimum Gasteiger partial charge on any atom is -0.378 e. The topological polar surface area (TPSA) is 114 Å². The minimum absolute atomic E-state index is 0.151. The molecule has 2 fully saturated rings. The number of nitrogens with zero attached hydrogens (tertiary/aromatic N) is 2. The number of rotatable bonds is 3. The van der Waals surface area contributed by atoms with Crippen molar-refractivity contribution in [2.45, 2.75) is 6.04 Å². The number of nitro benzene ring substituents is 1. The van der Waals surface area contributed by atoms with Crippen LogP contribution >= 0.6 is 0 Å². The van der Waals surface area contributed by atoms with Crippen LogP contribution in [0.5, 0.6) is 0 Å². The van der Waals surface area contributed by atoms with Crippen molar-refractivity contribution in [3.63, 3.8) is 0 Å². The first-order valence-electron chi connectivity index (χ1n) is 7.85. The fourth-order valence-electron chi connectivity index (χ4n) is 3.13. The molecule has 1 aromatic rings. The fourth-order valence-corrected chi connectivity index (χ4v) is 3.13. The van der Waals surface area contributed by atoms with Gasteiger partial charge in [-0.3, -0.25) is 14.9 Å². The number of carbonyl (C=O) groups excluding carboxylic acids is 2. The highest BCUT2D eigenvalue weighted by Crippen LogP contribution is 2.35. The van der Waals surface area contributed by atoms with Crippen LogP contribution in [0.4, 0.5) is 10.5 Å². The van der Waals surface area contributed by atoms with Crippen molar-refractivity contribution < 1.29 is 19.2 Å². The molecular formula is C16H18N4O5. The molecule has 0 spiro atoms. The van der Waals surface area contributed by atoms with Gasteiger partial charge in [-0.05, 0) is 0 Å². The molecular weight excluding hydrogens is 328 g/mol. The molecule has 3 amide bonds. The van der Waals surface area contributed by atoms with Gasteiger partial charge in [-0.2, -0.15) is 0 Å². The van der Waals surface area contributed by atoms with Crippen molar-refractivity contribution in [1.82, 2.24) is 15.5 Å². The van der Waals surface area contributed by atoms with E-state index in [1.165, 1.54) is 12.1 Å². The van der Waals surface area contributed by atoms with Gasteiger partial charge in [-0.1, -0.05) is 24.8 Å². The average molecular weight is 346 g/mol. The molecule has 2 saturated heterocycles. The Morgan fingerprint density at radius 2 is 2.00 bits per heavy atom. The van der Waals surface area contributed by atoms with Gasteiger partial charge in [0.05, 0.1) is 29.7 Å². The zero-order valence-electron chi connectivity index (χ0n) is 13.4. The van der Waals surface area contributed by atoms with Gasteiger partial charge in [0.25, 0.3) is 5.69 Å². The molecule has 2 heterocycles. The molecule has 2 atom stereocenters. The van der Waals surface area contributed by atoms with E-state index in [4.69, 9.17) is 4.74 Å². The van der Waals surface area contributed by atoms with Crippen LogP contribution in [-0.4, -0.2) is 48.1 Å². The van der Waals surface area contributed by atoms with Gasteiger partial charge in [-0.15, -0.1) is 0 Å². The lowest BCUT2D eigenvalue weighted by Crippen LogP contribution is -2.55. The van der Waals surface area contributed by atoms with E-state index in [-0.39, 0.29) is 22.9 Å². The van der Waals surface area contributed by atoms with Gasteiger partial charge < -0.3 is 20.3 Å². The Labute approximate surface area is 143 Å². The van der Waals surface area contributed by atoms with E-state index >= 15 is 0 Å². The standard InChI is InChI=1S/C16H18N4O5/c1-10-13(15(21)19-6-8-25-9-7-19)14(18-16(22)17-10)11-4-2-3-5-12(11)20(23)24/h2-5,13-14H,1,6-9H2,(H2,17,18,22)/t13-,14-/m1/s1. The van der Waals surface area contributed by atoms with E-state index in [9.17, 15) is 19.7 Å². The first-order chi connectivity index (χ1) is 12.0. The molecule has 0 aliphatic carbocycles. The maximum Gasteiger partial charge on any atom is 0.319 e. The molecule has 9 nitrogen and oxygen atoms in total. The summed E-state index contributed by atoms with van der Waals surface area (Å²) in [5.41, 5.74) is 0.348. The molecule has 2 aliphatic rings. The first kappa shape index (κ1) is 16.9. The first-order valence-corrected chi connectivity index (χ1v) is 7.85. The van der Waals surface area contributed by atoms with Gasteiger partial charge in [0, 0.05) is 24.9 Å². The molecule has 25 heavy (non-hydrogen) atoms. The average Bonchev–Trinajstić information content (AvgIpc) is 2.61. The molecule has 132 valence electrons. The van der Waals surface area contributed by atoms with Crippen LogP contribution in [0, 0.1) is 16.0 Å². The van der Waals surface area contributed by atoms with Crippen molar-refractivity contribution in [1.29, 1.82) is 0 Å². The van der Waals surface area contributed by atoms with E-state index in [0.29, 0.717) is 26.3 Å². The second kappa shape index (κ2) is 6.89. The maximum absolute atomic E-state index is 13.0. The van der Waals surface area contributed by atoms with Crippen LogP contribution in [0.3, 0.4) is 0 Å². The number of nitrogens with one attached hydrogen (secondary N) is 2. The summed E-state index contributed by atoms with van der Waals surface area (Å²) in [6, 6.07) is 4.66. The third-order valence-electron chi connectivity index (χ3n) is 4.33. The molecule has 3 rings (SSSR count). The van der Waals surface area contributed by atoms with Gasteiger partial charge in [0.2, 0.25) is 5.91 Å². The number of hydrogen-bond donors (Lipinski definition) is 2. The van der Waals surface area contributed by atoms with Gasteiger partial charge in [-0.25, -0.2) is 4.79 Å². The second-order valence-corrected chi connectivity index (χ2v) is 5.83. The SMILES string of the molecule is C=C1NC(=O)N[C@H](c2ccccc2[N+](=O)[O-])[C@@H]1C(=O)N1CCOCC1. The van der Waals surface area contributed by atoms with Crippen LogP contribution in [0.15, 0.2) is 36.5 Å². The van der Waals surface area contributed by atoms with Crippen molar-refractivity contribution >= 4 is 17.6 Å². The monoisotopic (exact) mass is 346 g/mol. The lowest BCUT2D eigenvalue weighted by molar-refractivity contribution is -0.385. The summed E-state index contributed by atoms with van der Waals surface area (Å²) in [4.78, 5) is 37.3. The summed E-state index contributed by atoms with van der Waals surface area (Å²) in [5, 5.41) is 16.5. The zero-order chi connectivity index (χ0) is 18.0. The molecule has 0 radical (unpaired) electrons. The Hall–Kier alpha value is -2.94. The molecule has 0 aromatic heterocycles. The number of urea groups is 1. The second-order valence-electron chi connectivity index (χ2n) is 5.83. The molecule has 0 saturated carbocycles. The summed E-state index contributed by atoms with van der Waals surface area (Å²) in [6.45, 7) is 5.52. The smallest absolute Gasteiger partial charge is 0.319 e. The number of amides is 3. The fraction of sp³-hybridized carbons (Fsp3) is 0.375. The summed E-state index contributed by atoms with van der Waals surface area (Å²) >= 11 is 0. The quantitative estimate of drug-likeness (QED) is 0.624. The summed E-state index contributed by atoms with van der Waals surface area (Å²) in [5.74, 6) is -1.08. The zero-order valence-corrected chi connectivity index (χ0v) is 13.4. The van der Waals surface area contributed by atoms with E-state index in [2.05, 4.69) is 17.2 Å².